The molecule has 1 aromatic carbocycles. The van der Waals surface area contributed by atoms with Crippen molar-refractivity contribution in [1.82, 2.24) is 20.2 Å². The quantitative estimate of drug-likeness (QED) is 0.506. The molecule has 0 bridgehead atoms. The van der Waals surface area contributed by atoms with E-state index in [2.05, 4.69) is 27.2 Å². The molecule has 174 valence electrons. The van der Waals surface area contributed by atoms with Gasteiger partial charge in [-0.25, -0.2) is 4.79 Å². The van der Waals surface area contributed by atoms with E-state index in [0.717, 1.165) is 43.9 Å². The number of carbonyl (C=O) groups is 1. The van der Waals surface area contributed by atoms with E-state index in [1.54, 1.807) is 6.92 Å². The molecule has 0 saturated carbocycles. The first-order chi connectivity index (χ1) is 15.4. The fraction of sp³-hybridized carbons (Fsp3) is 0.522. The number of nitrogens with zero attached hydrogens (tertiary/aromatic N) is 1. The van der Waals surface area contributed by atoms with Crippen LogP contribution in [0.15, 0.2) is 33.9 Å². The van der Waals surface area contributed by atoms with Crippen molar-refractivity contribution in [2.24, 2.45) is 0 Å². The number of ether oxygens (including phenoxy) is 2. The lowest BCUT2D eigenvalue weighted by Crippen LogP contribution is -2.38. The smallest absolute Gasteiger partial charge is 0.325 e. The first-order valence-electron chi connectivity index (χ1n) is 11.0. The van der Waals surface area contributed by atoms with Gasteiger partial charge in [-0.2, -0.15) is 0 Å². The van der Waals surface area contributed by atoms with Crippen LogP contribution in [0.25, 0.3) is 0 Å². The van der Waals surface area contributed by atoms with Crippen molar-refractivity contribution in [3.8, 4) is 5.75 Å². The number of rotatable bonds is 10. The molecular formula is C23H32N4O5. The first kappa shape index (κ1) is 23.7. The number of nitrogens with one attached hydrogen (secondary N) is 3. The van der Waals surface area contributed by atoms with Crippen molar-refractivity contribution < 1.29 is 14.3 Å². The van der Waals surface area contributed by atoms with Gasteiger partial charge in [0, 0.05) is 50.0 Å². The van der Waals surface area contributed by atoms with Crippen LogP contribution in [0.5, 0.6) is 5.75 Å². The Morgan fingerprint density at radius 2 is 2.03 bits per heavy atom. The van der Waals surface area contributed by atoms with Crippen molar-refractivity contribution in [1.29, 1.82) is 0 Å². The van der Waals surface area contributed by atoms with Gasteiger partial charge in [-0.05, 0) is 50.9 Å². The lowest BCUT2D eigenvalue weighted by atomic mass is 10.1. The van der Waals surface area contributed by atoms with Gasteiger partial charge in [0.1, 0.15) is 12.4 Å². The Hall–Kier alpha value is -2.91. The van der Waals surface area contributed by atoms with E-state index in [1.165, 1.54) is 0 Å². The van der Waals surface area contributed by atoms with Gasteiger partial charge in [0.25, 0.3) is 5.56 Å². The number of hydrogen-bond acceptors (Lipinski definition) is 6. The first-order valence-corrected chi connectivity index (χ1v) is 11.0. The fourth-order valence-corrected chi connectivity index (χ4v) is 3.82. The Kier molecular flexibility index (Phi) is 8.64. The zero-order valence-corrected chi connectivity index (χ0v) is 18.7. The zero-order chi connectivity index (χ0) is 22.9. The summed E-state index contributed by atoms with van der Waals surface area (Å²) in [7, 11) is 2.12. The van der Waals surface area contributed by atoms with Gasteiger partial charge >= 0.3 is 5.69 Å². The van der Waals surface area contributed by atoms with Crippen LogP contribution in [-0.2, 0) is 22.5 Å². The molecular weight excluding hydrogens is 412 g/mol. The Bertz CT molecular complexity index is 1010. The second-order valence-electron chi connectivity index (χ2n) is 8.11. The molecule has 1 aromatic heterocycles. The van der Waals surface area contributed by atoms with Gasteiger partial charge in [-0.1, -0.05) is 12.1 Å². The van der Waals surface area contributed by atoms with Gasteiger partial charge in [-0.15, -0.1) is 0 Å². The van der Waals surface area contributed by atoms with E-state index < -0.39 is 11.2 Å². The molecule has 1 amide bonds. The molecule has 9 nitrogen and oxygen atoms in total. The molecule has 1 saturated heterocycles. The number of aryl methyl sites for hydroxylation is 1. The van der Waals surface area contributed by atoms with E-state index in [0.29, 0.717) is 30.5 Å². The molecule has 0 unspecified atom stereocenters. The predicted octanol–water partition coefficient (Wildman–Crippen LogP) is 1.11. The summed E-state index contributed by atoms with van der Waals surface area (Å²) < 4.78 is 11.3. The topological polar surface area (TPSA) is 117 Å². The highest BCUT2D eigenvalue weighted by atomic mass is 16.5. The van der Waals surface area contributed by atoms with Crippen molar-refractivity contribution in [2.45, 2.75) is 45.2 Å². The monoisotopic (exact) mass is 444 g/mol. The highest BCUT2D eigenvalue weighted by Crippen LogP contribution is 2.15. The maximum absolute atomic E-state index is 12.2. The fourth-order valence-electron chi connectivity index (χ4n) is 3.82. The number of amides is 1. The minimum Gasteiger partial charge on any atom is -0.492 e. The van der Waals surface area contributed by atoms with E-state index >= 15 is 0 Å². The number of aromatic amines is 2. The lowest BCUT2D eigenvalue weighted by molar-refractivity contribution is -0.121. The standard InChI is InChI=1S/C23H32N4O5/c1-16-20(22(29)26-23(30)25-16)6-7-21(28)24-15-17-4-3-5-19(14-17)32-13-10-27(2)18-8-11-31-12-9-18/h3-5,14,18H,6-13,15H2,1-2H3,(H,24,28)(H2,25,26,29,30). The van der Waals surface area contributed by atoms with Crippen molar-refractivity contribution in [2.75, 3.05) is 33.4 Å². The molecule has 2 heterocycles. The molecule has 1 aliphatic heterocycles. The predicted molar refractivity (Wildman–Crippen MR) is 121 cm³/mol. The summed E-state index contributed by atoms with van der Waals surface area (Å²) in [5, 5.41) is 2.87. The van der Waals surface area contributed by atoms with Crippen LogP contribution < -0.4 is 21.3 Å². The zero-order valence-electron chi connectivity index (χ0n) is 18.7. The second kappa shape index (κ2) is 11.6. The molecule has 9 heteroatoms. The normalized spacial score (nSPS) is 14.5. The van der Waals surface area contributed by atoms with Crippen LogP contribution in [0.3, 0.4) is 0 Å². The van der Waals surface area contributed by atoms with Crippen molar-refractivity contribution in [3.63, 3.8) is 0 Å². The van der Waals surface area contributed by atoms with Gasteiger partial charge < -0.3 is 19.8 Å². The molecule has 0 radical (unpaired) electrons. The molecule has 32 heavy (non-hydrogen) atoms. The van der Waals surface area contributed by atoms with Crippen molar-refractivity contribution >= 4 is 5.91 Å². The Morgan fingerprint density at radius 1 is 1.25 bits per heavy atom. The number of aromatic nitrogens is 2. The van der Waals surface area contributed by atoms with E-state index in [-0.39, 0.29) is 18.7 Å². The lowest BCUT2D eigenvalue weighted by Gasteiger charge is -2.31. The molecule has 2 aromatic rings. The average molecular weight is 445 g/mol. The molecule has 0 aliphatic carbocycles. The highest BCUT2D eigenvalue weighted by Gasteiger charge is 2.18. The van der Waals surface area contributed by atoms with Crippen LogP contribution in [0.2, 0.25) is 0 Å². The molecule has 0 atom stereocenters. The minimum atomic E-state index is -0.543. The number of benzene rings is 1. The maximum atomic E-state index is 12.2. The molecule has 1 aliphatic rings. The number of hydrogen-bond donors (Lipinski definition) is 3. The SMILES string of the molecule is Cc1[nH]c(=O)[nH]c(=O)c1CCC(=O)NCc1cccc(OCCN(C)C2CCOCC2)c1. The van der Waals surface area contributed by atoms with Crippen LogP contribution >= 0.6 is 0 Å². The third-order valence-corrected chi connectivity index (χ3v) is 5.77. The Balaban J connectivity index is 1.42. The summed E-state index contributed by atoms with van der Waals surface area (Å²) in [6.45, 7) is 5.11. The van der Waals surface area contributed by atoms with E-state index in [4.69, 9.17) is 9.47 Å². The third-order valence-electron chi connectivity index (χ3n) is 5.77. The van der Waals surface area contributed by atoms with E-state index in [9.17, 15) is 14.4 Å². The average Bonchev–Trinajstić information content (AvgIpc) is 2.78. The van der Waals surface area contributed by atoms with Crippen LogP contribution in [0, 0.1) is 6.92 Å². The summed E-state index contributed by atoms with van der Waals surface area (Å²) in [5.41, 5.74) is 0.843. The number of carbonyl (C=O) groups excluding carboxylic acids is 1. The summed E-state index contributed by atoms with van der Waals surface area (Å²) in [6.07, 6.45) is 2.53. The summed E-state index contributed by atoms with van der Waals surface area (Å²) >= 11 is 0. The number of H-pyrrole nitrogens is 2. The second-order valence-corrected chi connectivity index (χ2v) is 8.11. The minimum absolute atomic E-state index is 0.157. The highest BCUT2D eigenvalue weighted by molar-refractivity contribution is 5.76. The van der Waals surface area contributed by atoms with Crippen LogP contribution in [0.4, 0.5) is 0 Å². The van der Waals surface area contributed by atoms with Gasteiger partial charge in [0.15, 0.2) is 0 Å². The largest absolute Gasteiger partial charge is 0.492 e. The van der Waals surface area contributed by atoms with E-state index in [1.807, 2.05) is 24.3 Å². The third kappa shape index (κ3) is 7.06. The van der Waals surface area contributed by atoms with Crippen LogP contribution in [0.1, 0.15) is 36.1 Å². The summed E-state index contributed by atoms with van der Waals surface area (Å²) in [4.78, 5) is 42.4. The van der Waals surface area contributed by atoms with Crippen molar-refractivity contribution in [3.05, 3.63) is 61.9 Å². The van der Waals surface area contributed by atoms with Gasteiger partial charge in [-0.3, -0.25) is 19.5 Å². The van der Waals surface area contributed by atoms with Crippen LogP contribution in [-0.4, -0.2) is 60.2 Å². The summed E-state index contributed by atoms with van der Waals surface area (Å²) in [6, 6.07) is 8.21. The molecule has 3 rings (SSSR count). The Labute approximate surface area is 187 Å². The Morgan fingerprint density at radius 3 is 2.78 bits per heavy atom. The maximum Gasteiger partial charge on any atom is 0.325 e. The molecule has 0 spiro atoms. The molecule has 1 fully saturated rings. The molecule has 3 N–H and O–H groups in total. The summed E-state index contributed by atoms with van der Waals surface area (Å²) in [5.74, 6) is 0.604. The van der Waals surface area contributed by atoms with Gasteiger partial charge in [0.05, 0.1) is 0 Å². The number of likely N-dealkylation sites (N-methyl/N-ethyl adjacent to an activating group) is 1. The van der Waals surface area contributed by atoms with Gasteiger partial charge in [0.2, 0.25) is 5.91 Å².